The fraction of sp³-hybridized carbons (Fsp3) is 0.136. The van der Waals surface area contributed by atoms with E-state index in [9.17, 15) is 9.59 Å². The first-order valence-electron chi connectivity index (χ1n) is 9.36. The van der Waals surface area contributed by atoms with Gasteiger partial charge in [-0.2, -0.15) is 0 Å². The molecule has 31 heavy (non-hydrogen) atoms. The number of nitrogens with zero attached hydrogens (tertiary/aromatic N) is 2. The highest BCUT2D eigenvalue weighted by atomic mass is 35.5. The van der Waals surface area contributed by atoms with Crippen LogP contribution in [0, 0.1) is 0 Å². The van der Waals surface area contributed by atoms with Crippen LogP contribution in [0.5, 0.6) is 0 Å². The lowest BCUT2D eigenvalue weighted by Gasteiger charge is -2.12. The number of hydrogen-bond donors (Lipinski definition) is 1. The molecule has 0 unspecified atom stereocenters. The number of benzene rings is 2. The standard InChI is InChI=1S/C22H17Cl2N3O3S/c23-15-7-8-17-19(10-15)26-22(27(21(17)29)12-16-5-3-9-30-16)31-13-20(28)25-11-14-4-1-2-6-18(14)24/h1-10H,11-13H2,(H,25,28). The minimum atomic E-state index is -0.225. The van der Waals surface area contributed by atoms with Crippen LogP contribution in [0.4, 0.5) is 0 Å². The minimum Gasteiger partial charge on any atom is -0.467 e. The molecule has 1 amide bonds. The van der Waals surface area contributed by atoms with Gasteiger partial charge in [0.1, 0.15) is 5.76 Å². The molecule has 0 radical (unpaired) electrons. The molecule has 0 saturated heterocycles. The summed E-state index contributed by atoms with van der Waals surface area (Å²) in [4.78, 5) is 30.1. The number of amides is 1. The predicted molar refractivity (Wildman–Crippen MR) is 123 cm³/mol. The van der Waals surface area contributed by atoms with Crippen LogP contribution >= 0.6 is 35.0 Å². The van der Waals surface area contributed by atoms with Crippen molar-refractivity contribution in [2.45, 2.75) is 18.2 Å². The average molecular weight is 474 g/mol. The van der Waals surface area contributed by atoms with Crippen LogP contribution in [0.1, 0.15) is 11.3 Å². The molecule has 0 atom stereocenters. The first-order chi connectivity index (χ1) is 15.0. The van der Waals surface area contributed by atoms with Gasteiger partial charge in [0.2, 0.25) is 5.91 Å². The van der Waals surface area contributed by atoms with E-state index in [0.717, 1.165) is 5.56 Å². The number of hydrogen-bond acceptors (Lipinski definition) is 5. The van der Waals surface area contributed by atoms with Crippen LogP contribution in [-0.4, -0.2) is 21.2 Å². The molecule has 0 saturated carbocycles. The number of carbonyl (C=O) groups excluding carboxylic acids is 1. The van der Waals surface area contributed by atoms with Crippen LogP contribution in [0.15, 0.2) is 75.2 Å². The van der Waals surface area contributed by atoms with Crippen LogP contribution in [-0.2, 0) is 17.9 Å². The second-order valence-corrected chi connectivity index (χ2v) is 8.47. The molecule has 2 aromatic heterocycles. The van der Waals surface area contributed by atoms with Crippen LogP contribution in [0.3, 0.4) is 0 Å². The molecular weight excluding hydrogens is 457 g/mol. The largest absolute Gasteiger partial charge is 0.467 e. The maximum atomic E-state index is 13.1. The van der Waals surface area contributed by atoms with E-state index in [1.165, 1.54) is 16.3 Å². The van der Waals surface area contributed by atoms with Crippen molar-refractivity contribution >= 4 is 51.8 Å². The van der Waals surface area contributed by atoms with Gasteiger partial charge in [0.15, 0.2) is 5.16 Å². The minimum absolute atomic E-state index is 0.0844. The van der Waals surface area contributed by atoms with Gasteiger partial charge in [-0.15, -0.1) is 0 Å². The van der Waals surface area contributed by atoms with E-state index in [2.05, 4.69) is 10.3 Å². The van der Waals surface area contributed by atoms with E-state index in [0.29, 0.717) is 38.4 Å². The second-order valence-electron chi connectivity index (χ2n) is 6.68. The normalized spacial score (nSPS) is 11.0. The summed E-state index contributed by atoms with van der Waals surface area (Å²) in [7, 11) is 0. The molecule has 0 aliphatic heterocycles. The maximum absolute atomic E-state index is 13.1. The van der Waals surface area contributed by atoms with Crippen LogP contribution < -0.4 is 10.9 Å². The van der Waals surface area contributed by atoms with E-state index in [1.54, 1.807) is 42.7 Å². The van der Waals surface area contributed by atoms with Crippen molar-refractivity contribution in [2.24, 2.45) is 0 Å². The Morgan fingerprint density at radius 1 is 1.13 bits per heavy atom. The van der Waals surface area contributed by atoms with Crippen molar-refractivity contribution in [2.75, 3.05) is 5.75 Å². The number of thioether (sulfide) groups is 1. The number of furan rings is 1. The Labute approximate surface area is 192 Å². The van der Waals surface area contributed by atoms with Gasteiger partial charge < -0.3 is 9.73 Å². The third-order valence-corrected chi connectivity index (χ3v) is 6.12. The summed E-state index contributed by atoms with van der Waals surface area (Å²) in [5.41, 5.74) is 1.08. The van der Waals surface area contributed by atoms with Gasteiger partial charge in [-0.3, -0.25) is 14.2 Å². The van der Waals surface area contributed by atoms with E-state index in [4.69, 9.17) is 27.6 Å². The lowest BCUT2D eigenvalue weighted by atomic mass is 10.2. The summed E-state index contributed by atoms with van der Waals surface area (Å²) < 4.78 is 6.89. The summed E-state index contributed by atoms with van der Waals surface area (Å²) in [6.07, 6.45) is 1.55. The smallest absolute Gasteiger partial charge is 0.262 e. The SMILES string of the molecule is O=C(CSc1nc2cc(Cl)ccc2c(=O)n1Cc1ccco1)NCc1ccccc1Cl. The Hall–Kier alpha value is -2.74. The van der Waals surface area contributed by atoms with Gasteiger partial charge in [0.25, 0.3) is 5.56 Å². The van der Waals surface area contributed by atoms with Crippen molar-refractivity contribution in [1.29, 1.82) is 0 Å². The first-order valence-corrected chi connectivity index (χ1v) is 11.1. The lowest BCUT2D eigenvalue weighted by molar-refractivity contribution is -0.118. The number of nitrogens with one attached hydrogen (secondary N) is 1. The van der Waals surface area contributed by atoms with E-state index >= 15 is 0 Å². The fourth-order valence-corrected chi connectivity index (χ4v) is 4.20. The van der Waals surface area contributed by atoms with Gasteiger partial charge in [0.05, 0.1) is 29.5 Å². The predicted octanol–water partition coefficient (Wildman–Crippen LogP) is 4.75. The highest BCUT2D eigenvalue weighted by Gasteiger charge is 2.15. The molecule has 9 heteroatoms. The molecule has 0 aliphatic carbocycles. The summed E-state index contributed by atoms with van der Waals surface area (Å²) in [6, 6.07) is 15.8. The Balaban J connectivity index is 1.55. The van der Waals surface area contributed by atoms with Gasteiger partial charge >= 0.3 is 0 Å². The molecule has 0 spiro atoms. The summed E-state index contributed by atoms with van der Waals surface area (Å²) in [5.74, 6) is 0.498. The maximum Gasteiger partial charge on any atom is 0.262 e. The molecule has 0 aliphatic rings. The molecular formula is C22H17Cl2N3O3S. The van der Waals surface area contributed by atoms with Gasteiger partial charge in [-0.1, -0.05) is 53.2 Å². The molecule has 6 nitrogen and oxygen atoms in total. The number of fused-ring (bicyclic) bond motifs is 1. The van der Waals surface area contributed by atoms with Crippen molar-refractivity contribution in [3.8, 4) is 0 Å². The summed E-state index contributed by atoms with van der Waals surface area (Å²) in [5, 5.41) is 4.77. The fourth-order valence-electron chi connectivity index (χ4n) is 3.00. The molecule has 0 fully saturated rings. The zero-order valence-electron chi connectivity index (χ0n) is 16.2. The van der Waals surface area contributed by atoms with Gasteiger partial charge in [-0.25, -0.2) is 4.98 Å². The number of aromatic nitrogens is 2. The molecule has 2 aromatic carbocycles. The van der Waals surface area contributed by atoms with E-state index < -0.39 is 0 Å². The molecule has 1 N–H and O–H groups in total. The van der Waals surface area contributed by atoms with E-state index in [1.807, 2.05) is 18.2 Å². The number of halogens is 2. The van der Waals surface area contributed by atoms with Gasteiger partial charge in [0, 0.05) is 16.6 Å². The zero-order chi connectivity index (χ0) is 21.8. The third kappa shape index (κ3) is 5.12. The first kappa shape index (κ1) is 21.5. The Morgan fingerprint density at radius 3 is 2.74 bits per heavy atom. The van der Waals surface area contributed by atoms with Gasteiger partial charge in [-0.05, 0) is 42.0 Å². The number of carbonyl (C=O) groups is 1. The van der Waals surface area contributed by atoms with Crippen molar-refractivity contribution in [3.05, 3.63) is 92.6 Å². The quantitative estimate of drug-likeness (QED) is 0.309. The van der Waals surface area contributed by atoms with E-state index in [-0.39, 0.29) is 23.8 Å². The Kier molecular flexibility index (Phi) is 6.65. The molecule has 158 valence electrons. The average Bonchev–Trinajstić information content (AvgIpc) is 3.27. The topological polar surface area (TPSA) is 77.1 Å². The highest BCUT2D eigenvalue weighted by Crippen LogP contribution is 2.21. The number of rotatable bonds is 7. The van der Waals surface area contributed by atoms with Crippen molar-refractivity contribution in [3.63, 3.8) is 0 Å². The summed E-state index contributed by atoms with van der Waals surface area (Å²) >= 11 is 13.4. The monoisotopic (exact) mass is 473 g/mol. The van der Waals surface area contributed by atoms with Crippen molar-refractivity contribution in [1.82, 2.24) is 14.9 Å². The van der Waals surface area contributed by atoms with Crippen LogP contribution in [0.25, 0.3) is 10.9 Å². The zero-order valence-corrected chi connectivity index (χ0v) is 18.5. The Morgan fingerprint density at radius 2 is 1.97 bits per heavy atom. The lowest BCUT2D eigenvalue weighted by Crippen LogP contribution is -2.27. The molecule has 4 rings (SSSR count). The second kappa shape index (κ2) is 9.60. The molecule has 0 bridgehead atoms. The van der Waals surface area contributed by atoms with Crippen LogP contribution in [0.2, 0.25) is 10.0 Å². The highest BCUT2D eigenvalue weighted by molar-refractivity contribution is 7.99. The summed E-state index contributed by atoms with van der Waals surface area (Å²) in [6.45, 7) is 0.528. The van der Waals surface area contributed by atoms with Crippen molar-refractivity contribution < 1.29 is 9.21 Å². The molecule has 4 aromatic rings. The third-order valence-electron chi connectivity index (χ3n) is 4.54. The molecule has 2 heterocycles. The Bertz CT molecular complexity index is 1290.